The number of aromatic nitrogens is 3. The number of benzene rings is 2. The van der Waals surface area contributed by atoms with E-state index in [1.807, 2.05) is 49.7 Å². The first-order chi connectivity index (χ1) is 18.6. The van der Waals surface area contributed by atoms with Crippen LogP contribution in [0, 0.1) is 6.92 Å². The standard InChI is InChI=1S/C27H31ClN4O5S2/c1-4-18-15-31(39(35,36)24-9-7-6-8-22(24)37-18)14-17-12-23(38-27(17)28)20(13-25(33)34)19-10-11-21-26(16(19)3)29-30-32(21)5-2/h6-12,18,20,35-36H,4-5,13-15H2,1-3H3,(H,33,34)/t18-,20-/m1/s1. The Morgan fingerprint density at radius 3 is 2.74 bits per heavy atom. The van der Waals surface area contributed by atoms with Crippen molar-refractivity contribution in [3.8, 4) is 5.75 Å². The summed E-state index contributed by atoms with van der Waals surface area (Å²) in [7, 11) is -3.35. The molecular weight excluding hydrogens is 560 g/mol. The van der Waals surface area contributed by atoms with Crippen LogP contribution in [-0.4, -0.2) is 52.1 Å². The first kappa shape index (κ1) is 27.9. The molecule has 39 heavy (non-hydrogen) atoms. The van der Waals surface area contributed by atoms with Crippen LogP contribution in [0.1, 0.15) is 54.2 Å². The predicted molar refractivity (Wildman–Crippen MR) is 154 cm³/mol. The Balaban J connectivity index is 1.51. The van der Waals surface area contributed by atoms with E-state index in [-0.39, 0.29) is 19.1 Å². The molecule has 1 aliphatic heterocycles. The first-order valence-electron chi connectivity index (χ1n) is 12.8. The molecule has 0 saturated carbocycles. The second-order valence-electron chi connectivity index (χ2n) is 9.59. The maximum Gasteiger partial charge on any atom is 0.304 e. The lowest BCUT2D eigenvalue weighted by atomic mass is 9.89. The van der Waals surface area contributed by atoms with Crippen LogP contribution in [0.25, 0.3) is 11.0 Å². The summed E-state index contributed by atoms with van der Waals surface area (Å²) in [6.45, 7) is 7.08. The predicted octanol–water partition coefficient (Wildman–Crippen LogP) is 6.78. The summed E-state index contributed by atoms with van der Waals surface area (Å²) < 4.78 is 32.7. The van der Waals surface area contributed by atoms with E-state index in [1.54, 1.807) is 22.5 Å². The number of halogens is 1. The third-order valence-electron chi connectivity index (χ3n) is 7.16. The highest BCUT2D eigenvalue weighted by atomic mass is 35.5. The van der Waals surface area contributed by atoms with Crippen molar-refractivity contribution in [2.24, 2.45) is 0 Å². The van der Waals surface area contributed by atoms with Crippen molar-refractivity contribution in [1.29, 1.82) is 0 Å². The minimum Gasteiger partial charge on any atom is -0.487 e. The molecule has 208 valence electrons. The van der Waals surface area contributed by atoms with Crippen molar-refractivity contribution in [2.75, 3.05) is 6.54 Å². The molecule has 12 heteroatoms. The van der Waals surface area contributed by atoms with Gasteiger partial charge in [-0.1, -0.05) is 41.9 Å². The van der Waals surface area contributed by atoms with Crippen LogP contribution in [0.3, 0.4) is 0 Å². The van der Waals surface area contributed by atoms with E-state index in [9.17, 15) is 19.0 Å². The summed E-state index contributed by atoms with van der Waals surface area (Å²) in [5.74, 6) is -0.910. The third kappa shape index (κ3) is 5.27. The Kier molecular flexibility index (Phi) is 7.91. The summed E-state index contributed by atoms with van der Waals surface area (Å²) in [6.07, 6.45) is 0.332. The summed E-state index contributed by atoms with van der Waals surface area (Å²) in [4.78, 5) is 13.1. The van der Waals surface area contributed by atoms with E-state index in [2.05, 4.69) is 10.3 Å². The van der Waals surface area contributed by atoms with Gasteiger partial charge in [-0.3, -0.25) is 13.9 Å². The molecule has 3 heterocycles. The van der Waals surface area contributed by atoms with Crippen molar-refractivity contribution in [3.63, 3.8) is 0 Å². The smallest absolute Gasteiger partial charge is 0.304 e. The largest absolute Gasteiger partial charge is 0.487 e. The fraction of sp³-hybridized carbons (Fsp3) is 0.370. The van der Waals surface area contributed by atoms with Crippen molar-refractivity contribution >= 4 is 50.7 Å². The van der Waals surface area contributed by atoms with Gasteiger partial charge in [-0.15, -0.1) is 27.2 Å². The summed E-state index contributed by atoms with van der Waals surface area (Å²) in [5.41, 5.74) is 4.08. The quantitative estimate of drug-likeness (QED) is 0.205. The Labute approximate surface area is 237 Å². The van der Waals surface area contributed by atoms with Gasteiger partial charge in [-0.25, -0.2) is 4.68 Å². The van der Waals surface area contributed by atoms with Gasteiger partial charge in [0.05, 0.1) is 22.8 Å². The van der Waals surface area contributed by atoms with Crippen LogP contribution in [0.5, 0.6) is 5.75 Å². The molecule has 0 bridgehead atoms. The lowest BCUT2D eigenvalue weighted by molar-refractivity contribution is -0.137. The first-order valence-corrected chi connectivity index (χ1v) is 15.4. The molecule has 9 nitrogen and oxygen atoms in total. The lowest BCUT2D eigenvalue weighted by Crippen LogP contribution is -2.34. The van der Waals surface area contributed by atoms with Gasteiger partial charge in [0.15, 0.2) is 0 Å². The van der Waals surface area contributed by atoms with Crippen molar-refractivity contribution in [3.05, 3.63) is 68.4 Å². The second kappa shape index (κ2) is 11.1. The molecule has 0 radical (unpaired) electrons. The number of ether oxygens (including phenoxy) is 1. The number of rotatable bonds is 8. The Bertz CT molecular complexity index is 1520. The SMILES string of the molecule is CC[C@@H]1CN(Cc2cc([C@H](CC(=O)O)c3ccc4c(nnn4CC)c3C)sc2Cl)S(O)(O)c2ccccc2O1. The van der Waals surface area contributed by atoms with Crippen LogP contribution in [0.4, 0.5) is 0 Å². The Morgan fingerprint density at radius 1 is 1.26 bits per heavy atom. The van der Waals surface area contributed by atoms with Gasteiger partial charge in [0, 0.05) is 23.9 Å². The summed E-state index contributed by atoms with van der Waals surface area (Å²) >= 11 is 8.05. The molecule has 0 unspecified atom stereocenters. The molecule has 2 aromatic carbocycles. The molecule has 0 aliphatic carbocycles. The van der Waals surface area contributed by atoms with Crippen molar-refractivity contribution in [2.45, 2.75) is 63.6 Å². The van der Waals surface area contributed by atoms with Gasteiger partial charge in [0.25, 0.3) is 0 Å². The number of hydrogen-bond acceptors (Lipinski definition) is 8. The number of aliphatic carboxylic acids is 1. The Hall–Kier alpha value is -2.67. The lowest BCUT2D eigenvalue weighted by Gasteiger charge is -2.41. The molecule has 5 rings (SSSR count). The highest BCUT2D eigenvalue weighted by molar-refractivity contribution is 8.22. The van der Waals surface area contributed by atoms with Crippen LogP contribution in [0.2, 0.25) is 4.34 Å². The van der Waals surface area contributed by atoms with Crippen LogP contribution < -0.4 is 4.74 Å². The average molecular weight is 591 g/mol. The van der Waals surface area contributed by atoms with Crippen molar-refractivity contribution in [1.82, 2.24) is 19.3 Å². The highest BCUT2D eigenvalue weighted by Crippen LogP contribution is 2.58. The number of nitrogens with zero attached hydrogens (tertiary/aromatic N) is 4. The van der Waals surface area contributed by atoms with Crippen LogP contribution >= 0.6 is 33.7 Å². The number of carbonyl (C=O) groups is 1. The number of thiophene rings is 1. The summed E-state index contributed by atoms with van der Waals surface area (Å²) in [5, 5.41) is 18.3. The van der Waals surface area contributed by atoms with E-state index < -0.39 is 22.7 Å². The zero-order valence-corrected chi connectivity index (χ0v) is 24.3. The van der Waals surface area contributed by atoms with Gasteiger partial charge >= 0.3 is 5.97 Å². The second-order valence-corrected chi connectivity index (χ2v) is 13.3. The molecule has 4 aromatic rings. The van der Waals surface area contributed by atoms with E-state index in [0.29, 0.717) is 40.1 Å². The van der Waals surface area contributed by atoms with Gasteiger partial charge in [-0.05, 0) is 61.2 Å². The maximum absolute atomic E-state index is 12.0. The number of para-hydroxylation sites is 1. The average Bonchev–Trinajstić information content (AvgIpc) is 3.47. The van der Waals surface area contributed by atoms with Crippen molar-refractivity contribution < 1.29 is 23.7 Å². The zero-order valence-electron chi connectivity index (χ0n) is 21.9. The number of fused-ring (bicyclic) bond motifs is 2. The molecule has 0 fully saturated rings. The normalized spacial score (nSPS) is 18.8. The van der Waals surface area contributed by atoms with Crippen LogP contribution in [0.15, 0.2) is 47.4 Å². The molecule has 2 aromatic heterocycles. The minimum atomic E-state index is -3.35. The number of carboxylic acid groups (broad SMARTS) is 1. The molecule has 0 amide bonds. The van der Waals surface area contributed by atoms with Crippen LogP contribution in [-0.2, 0) is 17.9 Å². The molecule has 1 aliphatic rings. The number of carboxylic acids is 1. The van der Waals surface area contributed by atoms with Gasteiger partial charge in [0.1, 0.15) is 22.3 Å². The highest BCUT2D eigenvalue weighted by Gasteiger charge is 2.35. The van der Waals surface area contributed by atoms with E-state index in [4.69, 9.17) is 16.3 Å². The molecule has 2 atom stereocenters. The van der Waals surface area contributed by atoms with Gasteiger partial charge in [0.2, 0.25) is 0 Å². The molecular formula is C27H31ClN4O5S2. The fourth-order valence-electron chi connectivity index (χ4n) is 5.06. The molecule has 3 N–H and O–H groups in total. The fourth-order valence-corrected chi connectivity index (χ4v) is 8.07. The minimum absolute atomic E-state index is 0.122. The molecule has 0 saturated heterocycles. The van der Waals surface area contributed by atoms with Gasteiger partial charge < -0.3 is 9.84 Å². The third-order valence-corrected chi connectivity index (χ3v) is 10.6. The monoisotopic (exact) mass is 590 g/mol. The molecule has 0 spiro atoms. The van der Waals surface area contributed by atoms with E-state index in [0.717, 1.165) is 27.0 Å². The maximum atomic E-state index is 12.0. The van der Waals surface area contributed by atoms with E-state index >= 15 is 0 Å². The summed E-state index contributed by atoms with van der Waals surface area (Å²) in [6, 6.07) is 12.8. The van der Waals surface area contributed by atoms with Gasteiger partial charge in [-0.2, -0.15) is 4.31 Å². The Morgan fingerprint density at radius 2 is 2.03 bits per heavy atom. The number of hydrogen-bond donors (Lipinski definition) is 3. The zero-order chi connectivity index (χ0) is 27.9. The number of aryl methyl sites for hydroxylation is 2. The topological polar surface area (TPSA) is 121 Å². The van der Waals surface area contributed by atoms with E-state index in [1.165, 1.54) is 11.3 Å².